The summed E-state index contributed by atoms with van der Waals surface area (Å²) >= 11 is 0. The van der Waals surface area contributed by atoms with Crippen molar-refractivity contribution in [2.75, 3.05) is 0 Å². The van der Waals surface area contributed by atoms with E-state index in [1.54, 1.807) is 0 Å². The van der Waals surface area contributed by atoms with Crippen molar-refractivity contribution in [2.24, 2.45) is 0 Å². The van der Waals surface area contributed by atoms with Crippen LogP contribution in [0.25, 0.3) is 0 Å². The van der Waals surface area contributed by atoms with E-state index in [0.29, 0.717) is 0 Å². The molecule has 0 aliphatic heterocycles. The van der Waals surface area contributed by atoms with Gasteiger partial charge in [-0.05, 0) is 25.3 Å². The lowest BCUT2D eigenvalue weighted by atomic mass is 10.1. The van der Waals surface area contributed by atoms with Crippen LogP contribution < -0.4 is 0 Å². The first kappa shape index (κ1) is 9.79. The first-order valence-corrected chi connectivity index (χ1v) is 4.65. The van der Waals surface area contributed by atoms with Crippen LogP contribution in [0.15, 0.2) is 54.6 Å². The zero-order chi connectivity index (χ0) is 9.52. The maximum Gasteiger partial charge on any atom is -0.0244 e. The topological polar surface area (TPSA) is 0 Å². The second kappa shape index (κ2) is 5.36. The van der Waals surface area contributed by atoms with Gasteiger partial charge in [0.05, 0.1) is 0 Å². The Balaban J connectivity index is 2.32. The first-order chi connectivity index (χ1) is 6.29. The fraction of sp³-hybridized carbons (Fsp3) is 0.231. The molecule has 0 saturated carbocycles. The van der Waals surface area contributed by atoms with Crippen LogP contribution in [0.1, 0.15) is 18.9 Å². The Morgan fingerprint density at radius 2 is 2.00 bits per heavy atom. The van der Waals surface area contributed by atoms with Gasteiger partial charge in [-0.25, -0.2) is 0 Å². The summed E-state index contributed by atoms with van der Waals surface area (Å²) in [6, 6.07) is 10.5. The molecule has 68 valence electrons. The number of benzene rings is 1. The first-order valence-electron chi connectivity index (χ1n) is 4.65. The summed E-state index contributed by atoms with van der Waals surface area (Å²) in [5.74, 6) is 0. The van der Waals surface area contributed by atoms with Gasteiger partial charge >= 0.3 is 0 Å². The fourth-order valence-electron chi connectivity index (χ4n) is 1.18. The van der Waals surface area contributed by atoms with E-state index >= 15 is 0 Å². The van der Waals surface area contributed by atoms with Crippen molar-refractivity contribution in [1.29, 1.82) is 0 Å². The van der Waals surface area contributed by atoms with E-state index in [1.165, 1.54) is 5.56 Å². The number of hydrogen-bond acceptors (Lipinski definition) is 0. The van der Waals surface area contributed by atoms with Crippen LogP contribution in [0.3, 0.4) is 0 Å². The van der Waals surface area contributed by atoms with Gasteiger partial charge < -0.3 is 0 Å². The van der Waals surface area contributed by atoms with Crippen molar-refractivity contribution in [3.63, 3.8) is 0 Å². The Morgan fingerprint density at radius 3 is 2.62 bits per heavy atom. The zero-order valence-electron chi connectivity index (χ0n) is 8.16. The second-order valence-corrected chi connectivity index (χ2v) is 3.27. The Kier molecular flexibility index (Phi) is 4.04. The van der Waals surface area contributed by atoms with Crippen molar-refractivity contribution < 1.29 is 0 Å². The lowest BCUT2D eigenvalue weighted by molar-refractivity contribution is 1.00. The lowest BCUT2D eigenvalue weighted by Gasteiger charge is -1.96. The van der Waals surface area contributed by atoms with E-state index in [4.69, 9.17) is 0 Å². The van der Waals surface area contributed by atoms with Crippen molar-refractivity contribution in [1.82, 2.24) is 0 Å². The van der Waals surface area contributed by atoms with Crippen molar-refractivity contribution in [3.8, 4) is 0 Å². The van der Waals surface area contributed by atoms with Crippen molar-refractivity contribution in [3.05, 3.63) is 60.2 Å². The van der Waals surface area contributed by atoms with Crippen molar-refractivity contribution >= 4 is 0 Å². The van der Waals surface area contributed by atoms with Gasteiger partial charge in [-0.2, -0.15) is 0 Å². The minimum atomic E-state index is 1.09. The van der Waals surface area contributed by atoms with E-state index in [0.717, 1.165) is 18.4 Å². The van der Waals surface area contributed by atoms with Gasteiger partial charge in [0, 0.05) is 0 Å². The van der Waals surface area contributed by atoms with Gasteiger partial charge in [0.1, 0.15) is 0 Å². The summed E-state index contributed by atoms with van der Waals surface area (Å²) < 4.78 is 0. The average Bonchev–Trinajstić information content (AvgIpc) is 2.14. The molecular formula is C13H16. The van der Waals surface area contributed by atoms with Gasteiger partial charge in [0.2, 0.25) is 0 Å². The largest absolute Gasteiger partial charge is 0.0961 e. The van der Waals surface area contributed by atoms with Gasteiger partial charge in [0.15, 0.2) is 0 Å². The maximum absolute atomic E-state index is 3.81. The summed E-state index contributed by atoms with van der Waals surface area (Å²) in [6.45, 7) is 5.83. The second-order valence-electron chi connectivity index (χ2n) is 3.27. The van der Waals surface area contributed by atoms with Crippen LogP contribution in [0.4, 0.5) is 0 Å². The van der Waals surface area contributed by atoms with Crippen LogP contribution in [0.5, 0.6) is 0 Å². The molecule has 0 aliphatic carbocycles. The van der Waals surface area contributed by atoms with Crippen molar-refractivity contribution in [2.45, 2.75) is 19.8 Å². The van der Waals surface area contributed by atoms with Crippen LogP contribution in [-0.4, -0.2) is 0 Å². The monoisotopic (exact) mass is 172 g/mol. The number of hydrogen-bond donors (Lipinski definition) is 0. The van der Waals surface area contributed by atoms with E-state index < -0.39 is 0 Å². The molecule has 0 fully saturated rings. The highest BCUT2D eigenvalue weighted by Gasteiger charge is 1.87. The zero-order valence-corrected chi connectivity index (χ0v) is 8.16. The smallest absolute Gasteiger partial charge is 0.0244 e. The minimum Gasteiger partial charge on any atom is -0.0961 e. The molecule has 0 N–H and O–H groups in total. The highest BCUT2D eigenvalue weighted by molar-refractivity contribution is 5.16. The van der Waals surface area contributed by atoms with E-state index in [1.807, 2.05) is 13.0 Å². The van der Waals surface area contributed by atoms with Gasteiger partial charge in [-0.3, -0.25) is 0 Å². The summed E-state index contributed by atoms with van der Waals surface area (Å²) in [6.07, 6.45) is 6.46. The van der Waals surface area contributed by atoms with Crippen LogP contribution in [0, 0.1) is 0 Å². The number of aryl methyl sites for hydroxylation is 1. The molecule has 1 aromatic rings. The lowest BCUT2D eigenvalue weighted by Crippen LogP contribution is -1.81. The fourth-order valence-corrected chi connectivity index (χ4v) is 1.18. The predicted octanol–water partition coefficient (Wildman–Crippen LogP) is 3.75. The minimum absolute atomic E-state index is 1.09. The molecule has 0 aliphatic rings. The third kappa shape index (κ3) is 4.32. The molecule has 0 unspecified atom stereocenters. The van der Waals surface area contributed by atoms with E-state index in [-0.39, 0.29) is 0 Å². The molecule has 0 amide bonds. The van der Waals surface area contributed by atoms with E-state index in [9.17, 15) is 0 Å². The molecule has 1 rings (SSSR count). The Hall–Kier alpha value is -1.30. The van der Waals surface area contributed by atoms with Gasteiger partial charge in [-0.15, -0.1) is 0 Å². The van der Waals surface area contributed by atoms with Crippen LogP contribution >= 0.6 is 0 Å². The Labute approximate surface area is 80.6 Å². The van der Waals surface area contributed by atoms with Crippen LogP contribution in [0.2, 0.25) is 0 Å². The third-order valence-corrected chi connectivity index (χ3v) is 1.84. The molecule has 1 aromatic carbocycles. The normalized spacial score (nSPS) is 10.5. The van der Waals surface area contributed by atoms with E-state index in [2.05, 4.69) is 43.0 Å². The molecule has 0 saturated heterocycles. The molecule has 0 heterocycles. The number of allylic oxidation sites excluding steroid dienone is 3. The Morgan fingerprint density at radius 1 is 1.31 bits per heavy atom. The van der Waals surface area contributed by atoms with Gasteiger partial charge in [0.25, 0.3) is 0 Å². The van der Waals surface area contributed by atoms with Gasteiger partial charge in [-0.1, -0.05) is 54.6 Å². The summed E-state index contributed by atoms with van der Waals surface area (Å²) in [5.41, 5.74) is 2.52. The third-order valence-electron chi connectivity index (χ3n) is 1.84. The molecule has 0 heteroatoms. The number of rotatable bonds is 4. The summed E-state index contributed by atoms with van der Waals surface area (Å²) in [5, 5.41) is 0. The molecule has 0 bridgehead atoms. The maximum atomic E-state index is 3.81. The average molecular weight is 172 g/mol. The molecule has 13 heavy (non-hydrogen) atoms. The standard InChI is InChI=1S/C13H16/c1-12(2)8-6-7-11-13-9-4-3-5-10-13/h3-6,8-10H,1,7,11H2,2H3. The van der Waals surface area contributed by atoms with Crippen LogP contribution in [-0.2, 0) is 6.42 Å². The molecule has 0 spiro atoms. The molecule has 0 aromatic heterocycles. The molecule has 0 nitrogen and oxygen atoms in total. The summed E-state index contributed by atoms with van der Waals surface area (Å²) in [4.78, 5) is 0. The Bertz CT molecular complexity index is 280. The SMILES string of the molecule is C=C(C)C=CCCc1ccccc1. The quantitative estimate of drug-likeness (QED) is 0.607. The highest BCUT2D eigenvalue weighted by atomic mass is 13.9. The highest BCUT2D eigenvalue weighted by Crippen LogP contribution is 2.03. The molecule has 0 atom stereocenters. The molecule has 0 radical (unpaired) electrons. The summed E-state index contributed by atoms with van der Waals surface area (Å²) in [7, 11) is 0. The molecular weight excluding hydrogens is 156 g/mol. The predicted molar refractivity (Wildman–Crippen MR) is 58.7 cm³/mol.